The first-order valence-electron chi connectivity index (χ1n) is 10.0. The van der Waals surface area contributed by atoms with Gasteiger partial charge in [-0.3, -0.25) is 19.4 Å². The number of para-hydroxylation sites is 1. The fourth-order valence-electron chi connectivity index (χ4n) is 3.51. The largest absolute Gasteiger partial charge is 0.394 e. The van der Waals surface area contributed by atoms with Crippen molar-refractivity contribution in [1.82, 2.24) is 20.9 Å². The van der Waals surface area contributed by atoms with Crippen LogP contribution in [0.4, 0.5) is 0 Å². The van der Waals surface area contributed by atoms with Gasteiger partial charge >= 0.3 is 0 Å². The first-order chi connectivity index (χ1) is 14.9. The summed E-state index contributed by atoms with van der Waals surface area (Å²) in [5, 5.41) is 18.3. The molecule has 0 radical (unpaired) electrons. The van der Waals surface area contributed by atoms with Crippen molar-refractivity contribution in [2.75, 3.05) is 13.2 Å². The summed E-state index contributed by atoms with van der Waals surface area (Å²) < 4.78 is 0. The first kappa shape index (κ1) is 22.1. The molecule has 3 atom stereocenters. The maximum atomic E-state index is 12.9. The molecule has 166 valence electrons. The van der Waals surface area contributed by atoms with Crippen LogP contribution in [0.3, 0.4) is 0 Å². The number of aliphatic hydroxyl groups is 1. The summed E-state index contributed by atoms with van der Waals surface area (Å²) in [6.07, 6.45) is 2.71. The van der Waals surface area contributed by atoms with E-state index < -0.39 is 42.5 Å². The van der Waals surface area contributed by atoms with E-state index in [0.717, 1.165) is 16.5 Å². The van der Waals surface area contributed by atoms with Crippen molar-refractivity contribution in [1.29, 1.82) is 0 Å². The van der Waals surface area contributed by atoms with Crippen molar-refractivity contribution in [3.63, 3.8) is 0 Å². The number of benzene rings is 1. The minimum atomic E-state index is -1.16. The Morgan fingerprint density at radius 2 is 1.61 bits per heavy atom. The SMILES string of the molecule is NC(N)=NCCC[C@@H]1NC(=O)[C@H](CO)NC(=O)[C@H](Cc2c[nH]c3ccccc23)NC1=O. The van der Waals surface area contributed by atoms with Crippen molar-refractivity contribution in [2.24, 2.45) is 16.5 Å². The molecule has 0 saturated carbocycles. The lowest BCUT2D eigenvalue weighted by Crippen LogP contribution is -2.52. The number of amides is 3. The molecule has 2 heterocycles. The lowest BCUT2D eigenvalue weighted by molar-refractivity contribution is -0.130. The third-order valence-corrected chi connectivity index (χ3v) is 5.13. The number of aromatic amines is 1. The average Bonchev–Trinajstić information content (AvgIpc) is 3.16. The molecule has 1 aromatic heterocycles. The molecule has 1 aliphatic rings. The number of nitrogens with two attached hydrogens (primary N) is 2. The minimum Gasteiger partial charge on any atom is -0.394 e. The number of hydrogen-bond acceptors (Lipinski definition) is 5. The zero-order valence-electron chi connectivity index (χ0n) is 16.9. The quantitative estimate of drug-likeness (QED) is 0.155. The zero-order chi connectivity index (χ0) is 22.4. The number of aliphatic hydroxyl groups excluding tert-OH is 1. The average molecular weight is 429 g/mol. The Labute approximate surface area is 178 Å². The van der Waals surface area contributed by atoms with Crippen LogP contribution >= 0.6 is 0 Å². The lowest BCUT2D eigenvalue weighted by Gasteiger charge is -2.20. The number of nitrogens with zero attached hydrogens (tertiary/aromatic N) is 1. The summed E-state index contributed by atoms with van der Waals surface area (Å²) in [4.78, 5) is 45.1. The highest BCUT2D eigenvalue weighted by Gasteiger charge is 2.33. The molecule has 31 heavy (non-hydrogen) atoms. The van der Waals surface area contributed by atoms with E-state index in [2.05, 4.69) is 25.9 Å². The zero-order valence-corrected chi connectivity index (χ0v) is 16.9. The standard InChI is InChI=1S/C20H27N7O4/c21-20(22)23-7-3-6-14-17(29)26-15(18(30)27-16(10-28)19(31)25-14)8-11-9-24-13-5-2-1-4-12(11)13/h1-2,4-5,9,14-16,24,28H,3,6-8,10H2,(H,25,31)(H,26,29)(H,27,30)(H4,21,22,23)/t14-,15-,16-/m0/s1. The van der Waals surface area contributed by atoms with Crippen molar-refractivity contribution in [2.45, 2.75) is 37.4 Å². The molecular weight excluding hydrogens is 402 g/mol. The third-order valence-electron chi connectivity index (χ3n) is 5.13. The van der Waals surface area contributed by atoms with E-state index in [1.165, 1.54) is 0 Å². The Morgan fingerprint density at radius 3 is 2.35 bits per heavy atom. The van der Waals surface area contributed by atoms with Crippen LogP contribution in [0.2, 0.25) is 0 Å². The lowest BCUT2D eigenvalue weighted by atomic mass is 10.0. The second-order valence-corrected chi connectivity index (χ2v) is 7.38. The molecule has 1 aromatic carbocycles. The van der Waals surface area contributed by atoms with Gasteiger partial charge in [-0.1, -0.05) is 18.2 Å². The summed E-state index contributed by atoms with van der Waals surface area (Å²) in [5.41, 5.74) is 12.4. The number of fused-ring (bicyclic) bond motifs is 1. The van der Waals surface area contributed by atoms with E-state index in [1.807, 2.05) is 24.3 Å². The van der Waals surface area contributed by atoms with Crippen LogP contribution in [0.15, 0.2) is 35.5 Å². The van der Waals surface area contributed by atoms with E-state index in [-0.39, 0.29) is 18.8 Å². The van der Waals surface area contributed by atoms with Crippen molar-refractivity contribution >= 4 is 34.6 Å². The van der Waals surface area contributed by atoms with E-state index in [0.29, 0.717) is 13.0 Å². The molecule has 3 amide bonds. The normalized spacial score (nSPS) is 22.0. The Hall–Kier alpha value is -3.60. The highest BCUT2D eigenvalue weighted by molar-refractivity contribution is 5.97. The Balaban J connectivity index is 1.80. The number of guanidine groups is 1. The number of rotatable bonds is 7. The van der Waals surface area contributed by atoms with Gasteiger partial charge in [0.15, 0.2) is 5.96 Å². The van der Waals surface area contributed by atoms with Crippen molar-refractivity contribution in [3.8, 4) is 0 Å². The van der Waals surface area contributed by atoms with Gasteiger partial charge in [0.2, 0.25) is 17.7 Å². The van der Waals surface area contributed by atoms with Crippen LogP contribution in [-0.4, -0.2) is 65.0 Å². The first-order valence-corrected chi connectivity index (χ1v) is 10.0. The molecule has 9 N–H and O–H groups in total. The van der Waals surface area contributed by atoms with E-state index >= 15 is 0 Å². The fraction of sp³-hybridized carbons (Fsp3) is 0.400. The van der Waals surface area contributed by atoms with Gasteiger partial charge in [-0.15, -0.1) is 0 Å². The predicted molar refractivity (Wildman–Crippen MR) is 115 cm³/mol. The summed E-state index contributed by atoms with van der Waals surface area (Å²) in [6.45, 7) is -0.298. The smallest absolute Gasteiger partial charge is 0.245 e. The van der Waals surface area contributed by atoms with Crippen molar-refractivity contribution in [3.05, 3.63) is 36.0 Å². The number of aliphatic imine (C=N–C) groups is 1. The molecule has 0 unspecified atom stereocenters. The minimum absolute atomic E-state index is 0.0584. The van der Waals surface area contributed by atoms with Crippen LogP contribution in [0.5, 0.6) is 0 Å². The number of hydrogen-bond donors (Lipinski definition) is 7. The molecule has 1 fully saturated rings. The van der Waals surface area contributed by atoms with Gasteiger partial charge in [0.25, 0.3) is 0 Å². The maximum Gasteiger partial charge on any atom is 0.245 e. The number of carbonyl (C=O) groups excluding carboxylic acids is 3. The second kappa shape index (κ2) is 9.94. The van der Waals surface area contributed by atoms with Gasteiger partial charge in [0.05, 0.1) is 6.61 Å². The summed E-state index contributed by atoms with van der Waals surface area (Å²) in [6, 6.07) is 4.64. The molecule has 11 heteroatoms. The Kier molecular flexibility index (Phi) is 7.08. The van der Waals surface area contributed by atoms with E-state index in [1.54, 1.807) is 6.20 Å². The van der Waals surface area contributed by atoms with Gasteiger partial charge < -0.3 is 37.5 Å². The number of aromatic nitrogens is 1. The van der Waals surface area contributed by atoms with Crippen LogP contribution in [0.1, 0.15) is 18.4 Å². The van der Waals surface area contributed by atoms with Crippen LogP contribution < -0.4 is 27.4 Å². The molecule has 0 spiro atoms. The van der Waals surface area contributed by atoms with Gasteiger partial charge in [-0.2, -0.15) is 0 Å². The number of nitrogens with one attached hydrogen (secondary N) is 4. The topological polar surface area (TPSA) is 188 Å². The third kappa shape index (κ3) is 5.51. The van der Waals surface area contributed by atoms with Gasteiger partial charge in [0.1, 0.15) is 18.1 Å². The van der Waals surface area contributed by atoms with Gasteiger partial charge in [0, 0.05) is 30.1 Å². The Morgan fingerprint density at radius 1 is 0.968 bits per heavy atom. The molecule has 0 bridgehead atoms. The van der Waals surface area contributed by atoms with E-state index in [9.17, 15) is 19.5 Å². The van der Waals surface area contributed by atoms with E-state index in [4.69, 9.17) is 11.5 Å². The maximum absolute atomic E-state index is 12.9. The Bertz CT molecular complexity index is 983. The number of H-pyrrole nitrogens is 1. The summed E-state index contributed by atoms with van der Waals surface area (Å²) in [5.74, 6) is -1.73. The molecular formula is C20H27N7O4. The highest BCUT2D eigenvalue weighted by atomic mass is 16.3. The second-order valence-electron chi connectivity index (χ2n) is 7.38. The number of carbonyl (C=O) groups is 3. The molecule has 3 rings (SSSR count). The summed E-state index contributed by atoms with van der Waals surface area (Å²) in [7, 11) is 0. The molecule has 1 saturated heterocycles. The van der Waals surface area contributed by atoms with Gasteiger partial charge in [-0.05, 0) is 24.5 Å². The summed E-state index contributed by atoms with van der Waals surface area (Å²) >= 11 is 0. The molecule has 0 aliphatic carbocycles. The van der Waals surface area contributed by atoms with Crippen LogP contribution in [0.25, 0.3) is 10.9 Å². The molecule has 11 nitrogen and oxygen atoms in total. The monoisotopic (exact) mass is 429 g/mol. The highest BCUT2D eigenvalue weighted by Crippen LogP contribution is 2.19. The van der Waals surface area contributed by atoms with Crippen LogP contribution in [0, 0.1) is 0 Å². The van der Waals surface area contributed by atoms with Crippen LogP contribution in [-0.2, 0) is 20.8 Å². The van der Waals surface area contributed by atoms with Gasteiger partial charge in [-0.25, -0.2) is 0 Å². The molecule has 1 aliphatic heterocycles. The fourth-order valence-corrected chi connectivity index (χ4v) is 3.51. The predicted octanol–water partition coefficient (Wildman–Crippen LogP) is -1.78. The van der Waals surface area contributed by atoms with Crippen molar-refractivity contribution < 1.29 is 19.5 Å². The molecule has 2 aromatic rings.